The summed E-state index contributed by atoms with van der Waals surface area (Å²) < 4.78 is 28.4. The van der Waals surface area contributed by atoms with Crippen LogP contribution in [0.5, 0.6) is 0 Å². The zero-order valence-corrected chi connectivity index (χ0v) is 9.72. The maximum atomic E-state index is 9.81. The van der Waals surface area contributed by atoms with Gasteiger partial charge in [-0.25, -0.2) is 0 Å². The van der Waals surface area contributed by atoms with Crippen LogP contribution in [0.25, 0.3) is 0 Å². The van der Waals surface area contributed by atoms with E-state index in [1.807, 2.05) is 0 Å². The molecule has 0 radical (unpaired) electrons. The molecule has 0 fully saturated rings. The largest absolute Gasteiger partial charge is 1.00 e. The normalized spacial score (nSPS) is 7.67. The van der Waals surface area contributed by atoms with Crippen LogP contribution < -0.4 is 34.5 Å². The summed E-state index contributed by atoms with van der Waals surface area (Å²) in [5.41, 5.74) is 0. The van der Waals surface area contributed by atoms with Gasteiger partial charge in [0.05, 0.1) is 0 Å². The van der Waals surface area contributed by atoms with Gasteiger partial charge in [-0.15, -0.1) is 0 Å². The summed E-state index contributed by atoms with van der Waals surface area (Å²) in [7, 11) is -4.89. The Morgan fingerprint density at radius 3 is 1.44 bits per heavy atom. The molecule has 0 saturated carbocycles. The number of rotatable bonds is 0. The van der Waals surface area contributed by atoms with Crippen LogP contribution in [0.1, 0.15) is 0 Å². The van der Waals surface area contributed by atoms with Crippen molar-refractivity contribution in [2.75, 3.05) is 0 Å². The number of hydrogen-bond donors (Lipinski definition) is 2. The minimum absolute atomic E-state index is 0. The van der Waals surface area contributed by atoms with E-state index in [9.17, 15) is 2.73 Å². The third-order valence-electron chi connectivity index (χ3n) is 0. The van der Waals surface area contributed by atoms with Gasteiger partial charge in [0.2, 0.25) is 0 Å². The molecule has 0 amide bonds. The molecule has 9 heteroatoms. The van der Waals surface area contributed by atoms with Gasteiger partial charge in [0, 0.05) is 0 Å². The Morgan fingerprint density at radius 2 is 1.44 bits per heavy atom. The van der Waals surface area contributed by atoms with Crippen LogP contribution in [-0.2, 0) is 4.57 Å². The molecule has 0 bridgehead atoms. The molecular weight excluding hydrogens is 196 g/mol. The van der Waals surface area contributed by atoms with Crippen LogP contribution in [0.4, 0.5) is 2.73 Å². The van der Waals surface area contributed by atoms with Gasteiger partial charge >= 0.3 is 67.7 Å². The van der Waals surface area contributed by atoms with Gasteiger partial charge in [-0.1, -0.05) is 0 Å². The third-order valence-corrected chi connectivity index (χ3v) is 0. The number of hydrogen-bond acceptors (Lipinski definition) is 2. The van der Waals surface area contributed by atoms with Crippen LogP contribution in [0.15, 0.2) is 0 Å². The average Bonchev–Trinajstić information content (AvgIpc) is 1.27. The van der Waals surface area contributed by atoms with Gasteiger partial charge in [0.1, 0.15) is 0 Å². The van der Waals surface area contributed by atoms with Crippen molar-refractivity contribution in [3.8, 4) is 0 Å². The summed E-state index contributed by atoms with van der Waals surface area (Å²) in [6.07, 6.45) is 0. The quantitative estimate of drug-likeness (QED) is 0.306. The van der Waals surface area contributed by atoms with Gasteiger partial charge in [-0.3, -0.25) is 4.57 Å². The molecular formula is H2CaF2NaO4P. The molecule has 0 atom stereocenters. The topological polar surface area (TPSA) is 80.6 Å². The van der Waals surface area contributed by atoms with E-state index >= 15 is 0 Å². The Labute approximate surface area is 93.3 Å². The minimum atomic E-state index is -4.89. The van der Waals surface area contributed by atoms with Crippen LogP contribution in [0.2, 0.25) is 0 Å². The van der Waals surface area contributed by atoms with E-state index in [-0.39, 0.29) is 29.6 Å². The fourth-order valence-electron chi connectivity index (χ4n) is 0. The standard InChI is InChI=1S/Ca.2FH.Na.H3O4P/c;;;;1-5(2,3)4/h;2*1H;;(H3,1,2,3,4)/q+2;;;+1;/p-3. The Morgan fingerprint density at radius 1 is 1.44 bits per heavy atom. The first-order valence-corrected chi connectivity index (χ1v) is 4.50. The van der Waals surface area contributed by atoms with E-state index in [1.54, 1.807) is 0 Å². The molecule has 48 valence electrons. The van der Waals surface area contributed by atoms with Crippen LogP contribution in [0, 0.1) is 0 Å². The Bertz CT molecular complexity index is 74.4. The zero-order chi connectivity index (χ0) is 7.21. The molecule has 0 aliphatic carbocycles. The van der Waals surface area contributed by atoms with Crippen molar-refractivity contribution in [1.82, 2.24) is 0 Å². The van der Waals surface area contributed by atoms with E-state index < -0.39 is 43.2 Å². The molecule has 0 rings (SSSR count). The second-order valence-corrected chi connectivity index (χ2v) is 1.89. The summed E-state index contributed by atoms with van der Waals surface area (Å²) in [5, 5.41) is 0. The molecule has 2 N–H and O–H groups in total. The molecule has 0 unspecified atom stereocenters. The molecule has 4 nitrogen and oxygen atoms in total. The van der Waals surface area contributed by atoms with Crippen molar-refractivity contribution in [2.24, 2.45) is 0 Å². The van der Waals surface area contributed by atoms with Crippen molar-refractivity contribution in [1.29, 1.82) is 0 Å². The molecule has 0 aliphatic heterocycles. The SMILES string of the molecule is O=P([O-])(O)O.[F][Ca][F].[Na+]. The van der Waals surface area contributed by atoms with Gasteiger partial charge in [0.25, 0.3) is 7.82 Å². The molecule has 0 aromatic carbocycles. The molecule has 0 aliphatic rings. The van der Waals surface area contributed by atoms with E-state index in [0.717, 1.165) is 0 Å². The van der Waals surface area contributed by atoms with Crippen molar-refractivity contribution < 1.29 is 51.5 Å². The predicted molar refractivity (Wildman–Crippen MR) is 20.0 cm³/mol. The van der Waals surface area contributed by atoms with Crippen molar-refractivity contribution in [3.63, 3.8) is 0 Å². The number of halogens is 2. The maximum absolute atomic E-state index is 9.81. The van der Waals surface area contributed by atoms with Gasteiger partial charge in [-0.2, -0.15) is 0 Å². The second-order valence-electron chi connectivity index (χ2n) is 0.592. The molecule has 0 heterocycles. The third kappa shape index (κ3) is 139. The second kappa shape index (κ2) is 10.2. The first-order valence-electron chi connectivity index (χ1n) is 1.30. The smallest absolute Gasteiger partial charge is 1.00 e. The molecule has 0 spiro atoms. The van der Waals surface area contributed by atoms with E-state index in [1.165, 1.54) is 0 Å². The first-order chi connectivity index (χ1) is 3.41. The fraction of sp³-hybridized carbons (Fsp3) is 0. The summed E-state index contributed by atoms with van der Waals surface area (Å²) >= 11 is -2.88. The molecule has 0 aromatic rings. The fourth-order valence-corrected chi connectivity index (χ4v) is 0. The van der Waals surface area contributed by atoms with Crippen LogP contribution >= 0.6 is 7.82 Å². The van der Waals surface area contributed by atoms with Crippen molar-refractivity contribution >= 4 is 43.2 Å². The van der Waals surface area contributed by atoms with Crippen LogP contribution in [0.3, 0.4) is 0 Å². The van der Waals surface area contributed by atoms with Gasteiger partial charge < -0.3 is 14.7 Å². The maximum Gasteiger partial charge on any atom is 1.00 e. The van der Waals surface area contributed by atoms with Crippen molar-refractivity contribution in [3.05, 3.63) is 0 Å². The van der Waals surface area contributed by atoms with Gasteiger partial charge in [-0.05, 0) is 0 Å². The molecule has 0 saturated heterocycles. The molecule has 9 heavy (non-hydrogen) atoms. The molecule has 0 aromatic heterocycles. The predicted octanol–water partition coefficient (Wildman–Crippen LogP) is -4.10. The summed E-state index contributed by atoms with van der Waals surface area (Å²) in [6.45, 7) is 0. The number of phosphoric acid groups is 1. The summed E-state index contributed by atoms with van der Waals surface area (Å²) in [5.74, 6) is 0. The van der Waals surface area contributed by atoms with E-state index in [4.69, 9.17) is 19.2 Å². The van der Waals surface area contributed by atoms with E-state index in [2.05, 4.69) is 0 Å². The Kier molecular flexibility index (Phi) is 19.7. The minimum Gasteiger partial charge on any atom is 1.00 e. The van der Waals surface area contributed by atoms with Crippen molar-refractivity contribution in [2.45, 2.75) is 0 Å². The average molecular weight is 198 g/mol. The monoisotopic (exact) mass is 198 g/mol. The summed E-state index contributed by atoms with van der Waals surface area (Å²) in [6, 6.07) is 0. The van der Waals surface area contributed by atoms with E-state index in [0.29, 0.717) is 0 Å². The van der Waals surface area contributed by atoms with Crippen LogP contribution in [-0.4, -0.2) is 45.2 Å². The Balaban J connectivity index is -0.0000000800. The zero-order valence-electron chi connectivity index (χ0n) is 4.62. The summed E-state index contributed by atoms with van der Waals surface area (Å²) in [4.78, 5) is 22.9. The first kappa shape index (κ1) is 17.4. The Hall–Kier alpha value is 2.23. The van der Waals surface area contributed by atoms with Gasteiger partial charge in [0.15, 0.2) is 0 Å².